The highest BCUT2D eigenvalue weighted by molar-refractivity contribution is 6.03. The minimum atomic E-state index is -1.08. The lowest BCUT2D eigenvalue weighted by molar-refractivity contribution is -0.158. The molecule has 0 N–H and O–H groups in total. The number of cyclic esters (lactones) is 1. The van der Waals surface area contributed by atoms with Gasteiger partial charge in [0.2, 0.25) is 0 Å². The van der Waals surface area contributed by atoms with E-state index in [1.54, 1.807) is 6.92 Å². The van der Waals surface area contributed by atoms with Crippen LogP contribution in [-0.4, -0.2) is 18.4 Å². The summed E-state index contributed by atoms with van der Waals surface area (Å²) in [6.45, 7) is 3.45. The van der Waals surface area contributed by atoms with Gasteiger partial charge in [0.1, 0.15) is 11.2 Å². The fourth-order valence-electron chi connectivity index (χ4n) is 2.21. The summed E-state index contributed by atoms with van der Waals surface area (Å²) < 4.78 is 5.14. The molecular formula is C16H18O3. The van der Waals surface area contributed by atoms with E-state index in [1.807, 2.05) is 30.3 Å². The van der Waals surface area contributed by atoms with Crippen molar-refractivity contribution < 1.29 is 14.3 Å². The molecule has 1 aromatic rings. The highest BCUT2D eigenvalue weighted by atomic mass is 16.5. The molecular weight excluding hydrogens is 240 g/mol. The van der Waals surface area contributed by atoms with Gasteiger partial charge in [0.25, 0.3) is 0 Å². The van der Waals surface area contributed by atoms with E-state index in [2.05, 4.69) is 6.08 Å². The molecule has 0 aliphatic carbocycles. The van der Waals surface area contributed by atoms with Crippen LogP contribution in [0.5, 0.6) is 0 Å². The van der Waals surface area contributed by atoms with Gasteiger partial charge < -0.3 is 4.74 Å². The molecule has 1 unspecified atom stereocenters. The van der Waals surface area contributed by atoms with Gasteiger partial charge in [-0.1, -0.05) is 36.4 Å². The number of carbonyl (C=O) groups is 2. The van der Waals surface area contributed by atoms with Gasteiger partial charge >= 0.3 is 5.97 Å². The molecule has 1 atom stereocenters. The molecule has 1 aliphatic heterocycles. The Bertz CT molecular complexity index is 516. The van der Waals surface area contributed by atoms with E-state index in [0.717, 1.165) is 11.1 Å². The zero-order valence-corrected chi connectivity index (χ0v) is 11.3. The molecule has 0 amide bonds. The van der Waals surface area contributed by atoms with Crippen LogP contribution >= 0.6 is 0 Å². The quantitative estimate of drug-likeness (QED) is 0.605. The Morgan fingerprint density at radius 2 is 1.95 bits per heavy atom. The lowest BCUT2D eigenvalue weighted by Gasteiger charge is -2.27. The lowest BCUT2D eigenvalue weighted by atomic mass is 9.78. The number of allylic oxidation sites excluding steroid dienone is 1. The highest BCUT2D eigenvalue weighted by Crippen LogP contribution is 2.35. The summed E-state index contributed by atoms with van der Waals surface area (Å²) in [7, 11) is 0. The Hall–Kier alpha value is -1.90. The van der Waals surface area contributed by atoms with Crippen molar-refractivity contribution in [1.29, 1.82) is 0 Å². The van der Waals surface area contributed by atoms with E-state index >= 15 is 0 Å². The van der Waals surface area contributed by atoms with Gasteiger partial charge in [0, 0.05) is 6.42 Å². The summed E-state index contributed by atoms with van der Waals surface area (Å²) in [6, 6.07) is 9.86. The second-order valence-corrected chi connectivity index (χ2v) is 5.09. The predicted octanol–water partition coefficient (Wildman–Crippen LogP) is 3.00. The Labute approximate surface area is 113 Å². The number of ketones is 1. The summed E-state index contributed by atoms with van der Waals surface area (Å²) in [5.74, 6) is -0.567. The SMILES string of the molecule is CC(=O)C1(C)C/C(c2ccccc2)=C\CCOC1=O. The van der Waals surface area contributed by atoms with Crippen molar-refractivity contribution in [1.82, 2.24) is 0 Å². The zero-order chi connectivity index (χ0) is 13.9. The predicted molar refractivity (Wildman–Crippen MR) is 73.4 cm³/mol. The van der Waals surface area contributed by atoms with E-state index in [4.69, 9.17) is 4.74 Å². The second kappa shape index (κ2) is 5.39. The van der Waals surface area contributed by atoms with Crippen molar-refractivity contribution in [2.45, 2.75) is 26.7 Å². The van der Waals surface area contributed by atoms with Crippen LogP contribution in [0, 0.1) is 5.41 Å². The van der Waals surface area contributed by atoms with Crippen molar-refractivity contribution in [2.24, 2.45) is 5.41 Å². The molecule has 0 spiro atoms. The van der Waals surface area contributed by atoms with Crippen LogP contribution < -0.4 is 0 Å². The molecule has 3 nitrogen and oxygen atoms in total. The molecule has 3 heteroatoms. The van der Waals surface area contributed by atoms with Gasteiger partial charge in [0.05, 0.1) is 6.61 Å². The van der Waals surface area contributed by atoms with E-state index in [-0.39, 0.29) is 5.78 Å². The lowest BCUT2D eigenvalue weighted by Crippen LogP contribution is -2.37. The summed E-state index contributed by atoms with van der Waals surface area (Å²) in [5, 5.41) is 0. The second-order valence-electron chi connectivity index (χ2n) is 5.09. The summed E-state index contributed by atoms with van der Waals surface area (Å²) >= 11 is 0. The van der Waals surface area contributed by atoms with Crippen LogP contribution in [-0.2, 0) is 14.3 Å². The maximum Gasteiger partial charge on any atom is 0.319 e. The maximum absolute atomic E-state index is 12.0. The van der Waals surface area contributed by atoms with Crippen molar-refractivity contribution in [3.63, 3.8) is 0 Å². The van der Waals surface area contributed by atoms with Gasteiger partial charge in [0.15, 0.2) is 0 Å². The van der Waals surface area contributed by atoms with E-state index in [9.17, 15) is 9.59 Å². The fraction of sp³-hybridized carbons (Fsp3) is 0.375. The highest BCUT2D eigenvalue weighted by Gasteiger charge is 2.41. The smallest absolute Gasteiger partial charge is 0.319 e. The number of Topliss-reactive ketones (excluding diaryl/α,β-unsaturated/α-hetero) is 1. The van der Waals surface area contributed by atoms with Crippen molar-refractivity contribution in [2.75, 3.05) is 6.61 Å². The minimum absolute atomic E-state index is 0.152. The first kappa shape index (κ1) is 13.5. The topological polar surface area (TPSA) is 43.4 Å². The number of rotatable bonds is 2. The van der Waals surface area contributed by atoms with Gasteiger partial charge in [-0.15, -0.1) is 0 Å². The zero-order valence-electron chi connectivity index (χ0n) is 11.3. The van der Waals surface area contributed by atoms with Gasteiger partial charge in [-0.2, -0.15) is 0 Å². The molecule has 1 aromatic carbocycles. The Kier molecular flexibility index (Phi) is 3.84. The van der Waals surface area contributed by atoms with Crippen molar-refractivity contribution in [3.8, 4) is 0 Å². The fourth-order valence-corrected chi connectivity index (χ4v) is 2.21. The molecule has 0 radical (unpaired) electrons. The third kappa shape index (κ3) is 2.75. The molecule has 0 bridgehead atoms. The van der Waals surface area contributed by atoms with Gasteiger partial charge in [-0.3, -0.25) is 9.59 Å². The molecule has 0 fully saturated rings. The normalized spacial score (nSPS) is 26.6. The molecule has 100 valence electrons. The first-order chi connectivity index (χ1) is 9.04. The molecule has 0 aromatic heterocycles. The molecule has 0 saturated carbocycles. The first-order valence-electron chi connectivity index (χ1n) is 6.47. The summed E-state index contributed by atoms with van der Waals surface area (Å²) in [6.07, 6.45) is 3.14. The summed E-state index contributed by atoms with van der Waals surface area (Å²) in [4.78, 5) is 23.9. The molecule has 19 heavy (non-hydrogen) atoms. The maximum atomic E-state index is 12.0. The average Bonchev–Trinajstić information content (AvgIpc) is 2.40. The van der Waals surface area contributed by atoms with Crippen molar-refractivity contribution >= 4 is 17.3 Å². The Morgan fingerprint density at radius 3 is 2.58 bits per heavy atom. The molecule has 2 rings (SSSR count). The van der Waals surface area contributed by atoms with Crippen LogP contribution in [0.1, 0.15) is 32.3 Å². The minimum Gasteiger partial charge on any atom is -0.465 e. The largest absolute Gasteiger partial charge is 0.465 e. The number of esters is 1. The van der Waals surface area contributed by atoms with E-state index in [0.29, 0.717) is 19.4 Å². The van der Waals surface area contributed by atoms with E-state index in [1.165, 1.54) is 6.92 Å². The monoisotopic (exact) mass is 258 g/mol. The van der Waals surface area contributed by atoms with Crippen LogP contribution in [0.3, 0.4) is 0 Å². The summed E-state index contributed by atoms with van der Waals surface area (Å²) in [5.41, 5.74) is 1.02. The Morgan fingerprint density at radius 1 is 1.26 bits per heavy atom. The number of benzene rings is 1. The molecule has 1 heterocycles. The van der Waals surface area contributed by atoms with Crippen LogP contribution in [0.15, 0.2) is 36.4 Å². The van der Waals surface area contributed by atoms with E-state index < -0.39 is 11.4 Å². The number of hydrogen-bond donors (Lipinski definition) is 0. The van der Waals surface area contributed by atoms with Crippen molar-refractivity contribution in [3.05, 3.63) is 42.0 Å². The number of carbonyl (C=O) groups excluding carboxylic acids is 2. The molecule has 1 aliphatic rings. The number of ether oxygens (including phenoxy) is 1. The van der Waals surface area contributed by atoms with Gasteiger partial charge in [-0.25, -0.2) is 0 Å². The van der Waals surface area contributed by atoms with Crippen LogP contribution in [0.4, 0.5) is 0 Å². The standard InChI is InChI=1S/C16H18O3/c1-12(17)16(2)11-14(9-6-10-19-15(16)18)13-7-4-3-5-8-13/h3-5,7-9H,6,10-11H2,1-2H3/b14-9+. The van der Waals surface area contributed by atoms with Gasteiger partial charge in [-0.05, 0) is 31.4 Å². The number of hydrogen-bond acceptors (Lipinski definition) is 3. The third-order valence-electron chi connectivity index (χ3n) is 3.66. The first-order valence-corrected chi connectivity index (χ1v) is 6.47. The van der Waals surface area contributed by atoms with Crippen LogP contribution in [0.2, 0.25) is 0 Å². The molecule has 0 saturated heterocycles. The Balaban J connectivity index is 2.39. The van der Waals surface area contributed by atoms with Crippen LogP contribution in [0.25, 0.3) is 5.57 Å². The average molecular weight is 258 g/mol. The third-order valence-corrected chi connectivity index (χ3v) is 3.66.